The highest BCUT2D eigenvalue weighted by atomic mass is 16.6. The molecule has 0 aliphatic carbocycles. The third-order valence-electron chi connectivity index (χ3n) is 3.61. The summed E-state index contributed by atoms with van der Waals surface area (Å²) < 4.78 is 5.50. The van der Waals surface area contributed by atoms with Crippen molar-refractivity contribution in [2.45, 2.75) is 58.6 Å². The van der Waals surface area contributed by atoms with Gasteiger partial charge in [0.2, 0.25) is 0 Å². The van der Waals surface area contributed by atoms with Gasteiger partial charge in [0.15, 0.2) is 0 Å². The number of carbonyl (C=O) groups is 1. The van der Waals surface area contributed by atoms with Crippen molar-refractivity contribution in [3.8, 4) is 0 Å². The van der Waals surface area contributed by atoms with Crippen LogP contribution in [-0.2, 0) is 4.74 Å². The number of nitrogens with zero attached hydrogens (tertiary/aromatic N) is 2. The fourth-order valence-corrected chi connectivity index (χ4v) is 2.61. The maximum absolute atomic E-state index is 12.3. The first-order chi connectivity index (χ1) is 10.4. The Hall–Kier alpha value is -1.78. The van der Waals surface area contributed by atoms with Crippen molar-refractivity contribution in [2.75, 3.05) is 18.4 Å². The molecule has 1 aromatic rings. The zero-order valence-corrected chi connectivity index (χ0v) is 14.1. The van der Waals surface area contributed by atoms with Gasteiger partial charge in [0.25, 0.3) is 0 Å². The van der Waals surface area contributed by atoms with Gasteiger partial charge in [0.1, 0.15) is 11.4 Å². The van der Waals surface area contributed by atoms with E-state index in [0.29, 0.717) is 0 Å². The first-order valence-corrected chi connectivity index (χ1v) is 8.10. The van der Waals surface area contributed by atoms with Gasteiger partial charge in [-0.05, 0) is 51.7 Å². The summed E-state index contributed by atoms with van der Waals surface area (Å²) >= 11 is 0. The predicted octanol–water partition coefficient (Wildman–Crippen LogP) is 3.98. The maximum Gasteiger partial charge on any atom is 0.410 e. The molecule has 1 aliphatic rings. The minimum Gasteiger partial charge on any atom is -0.444 e. The summed E-state index contributed by atoms with van der Waals surface area (Å²) in [5.41, 5.74) is 0.613. The van der Waals surface area contributed by atoms with Gasteiger partial charge in [0.05, 0.1) is 6.04 Å². The average Bonchev–Trinajstić information content (AvgIpc) is 2.93. The third-order valence-corrected chi connectivity index (χ3v) is 3.61. The molecule has 1 fully saturated rings. The summed E-state index contributed by atoms with van der Waals surface area (Å²) in [7, 11) is 0. The second kappa shape index (κ2) is 6.99. The molecule has 1 atom stereocenters. The van der Waals surface area contributed by atoms with Gasteiger partial charge in [-0.2, -0.15) is 0 Å². The molecule has 0 spiro atoms. The zero-order chi connectivity index (χ0) is 16.2. The van der Waals surface area contributed by atoms with E-state index in [2.05, 4.69) is 23.3 Å². The molecule has 1 amide bonds. The van der Waals surface area contributed by atoms with Crippen LogP contribution in [0.5, 0.6) is 0 Å². The quantitative estimate of drug-likeness (QED) is 0.914. The fraction of sp³-hybridized carbons (Fsp3) is 0.647. The first kappa shape index (κ1) is 16.6. The topological polar surface area (TPSA) is 54.5 Å². The van der Waals surface area contributed by atoms with Crippen LogP contribution in [0, 0.1) is 0 Å². The van der Waals surface area contributed by atoms with Crippen LogP contribution in [-0.4, -0.2) is 34.7 Å². The Balaban J connectivity index is 2.05. The Morgan fingerprint density at radius 1 is 1.45 bits per heavy atom. The SMILES string of the molecule is CCCNc1ccc([C@@H]2CCCN2C(=O)OC(C)(C)C)cn1. The number of ether oxygens (including phenoxy) is 1. The molecule has 22 heavy (non-hydrogen) atoms. The lowest BCUT2D eigenvalue weighted by atomic mass is 10.1. The molecular weight excluding hydrogens is 278 g/mol. The average molecular weight is 305 g/mol. The van der Waals surface area contributed by atoms with E-state index in [1.165, 1.54) is 0 Å². The van der Waals surface area contributed by atoms with Crippen molar-refractivity contribution < 1.29 is 9.53 Å². The molecule has 122 valence electrons. The van der Waals surface area contributed by atoms with E-state index in [9.17, 15) is 4.79 Å². The summed E-state index contributed by atoms with van der Waals surface area (Å²) in [5.74, 6) is 0.882. The maximum atomic E-state index is 12.3. The molecule has 1 aromatic heterocycles. The molecule has 1 saturated heterocycles. The highest BCUT2D eigenvalue weighted by Crippen LogP contribution is 2.33. The Labute approximate surface area is 133 Å². The van der Waals surface area contributed by atoms with Crippen molar-refractivity contribution in [1.82, 2.24) is 9.88 Å². The standard InChI is InChI=1S/C17H27N3O2/c1-5-10-18-15-9-8-13(12-19-15)14-7-6-11-20(14)16(21)22-17(2,3)4/h8-9,12,14H,5-7,10-11H2,1-4H3,(H,18,19)/t14-/m0/s1. The summed E-state index contributed by atoms with van der Waals surface area (Å²) in [6.45, 7) is 9.47. The van der Waals surface area contributed by atoms with Crippen molar-refractivity contribution >= 4 is 11.9 Å². The van der Waals surface area contributed by atoms with E-state index in [1.807, 2.05) is 37.9 Å². The lowest BCUT2D eigenvalue weighted by Crippen LogP contribution is -2.36. The van der Waals surface area contributed by atoms with E-state index in [0.717, 1.165) is 43.7 Å². The van der Waals surface area contributed by atoms with Crippen LogP contribution in [0.1, 0.15) is 58.6 Å². The molecule has 5 nitrogen and oxygen atoms in total. The van der Waals surface area contributed by atoms with E-state index in [1.54, 1.807) is 0 Å². The number of likely N-dealkylation sites (tertiary alicyclic amines) is 1. The molecule has 0 aromatic carbocycles. The van der Waals surface area contributed by atoms with Crippen LogP contribution < -0.4 is 5.32 Å². The summed E-state index contributed by atoms with van der Waals surface area (Å²) in [4.78, 5) is 18.6. The number of hydrogen-bond donors (Lipinski definition) is 1. The van der Waals surface area contributed by atoms with Crippen LogP contribution in [0.3, 0.4) is 0 Å². The minimum atomic E-state index is -0.462. The number of nitrogens with one attached hydrogen (secondary N) is 1. The summed E-state index contributed by atoms with van der Waals surface area (Å²) in [6, 6.07) is 4.11. The van der Waals surface area contributed by atoms with Gasteiger partial charge in [-0.25, -0.2) is 9.78 Å². The van der Waals surface area contributed by atoms with Crippen LogP contribution in [0.2, 0.25) is 0 Å². The second-order valence-corrected chi connectivity index (χ2v) is 6.74. The van der Waals surface area contributed by atoms with Gasteiger partial charge in [0, 0.05) is 19.3 Å². The van der Waals surface area contributed by atoms with Gasteiger partial charge in [-0.1, -0.05) is 13.0 Å². The van der Waals surface area contributed by atoms with E-state index >= 15 is 0 Å². The van der Waals surface area contributed by atoms with Crippen molar-refractivity contribution in [3.05, 3.63) is 23.9 Å². The molecule has 2 rings (SSSR count). The lowest BCUT2D eigenvalue weighted by molar-refractivity contribution is 0.0224. The largest absolute Gasteiger partial charge is 0.444 e. The van der Waals surface area contributed by atoms with Crippen molar-refractivity contribution in [3.63, 3.8) is 0 Å². The third kappa shape index (κ3) is 4.36. The highest BCUT2D eigenvalue weighted by Gasteiger charge is 2.33. The van der Waals surface area contributed by atoms with Crippen LogP contribution >= 0.6 is 0 Å². The monoisotopic (exact) mass is 305 g/mol. The van der Waals surface area contributed by atoms with Crippen LogP contribution in [0.15, 0.2) is 18.3 Å². The Bertz CT molecular complexity index is 494. The second-order valence-electron chi connectivity index (χ2n) is 6.74. The lowest BCUT2D eigenvalue weighted by Gasteiger charge is -2.28. The van der Waals surface area contributed by atoms with E-state index in [-0.39, 0.29) is 12.1 Å². The molecule has 0 unspecified atom stereocenters. The van der Waals surface area contributed by atoms with Crippen molar-refractivity contribution in [2.24, 2.45) is 0 Å². The van der Waals surface area contributed by atoms with Crippen LogP contribution in [0.4, 0.5) is 10.6 Å². The fourth-order valence-electron chi connectivity index (χ4n) is 2.61. The van der Waals surface area contributed by atoms with Crippen LogP contribution in [0.25, 0.3) is 0 Å². The van der Waals surface area contributed by atoms with Crippen molar-refractivity contribution in [1.29, 1.82) is 0 Å². The van der Waals surface area contributed by atoms with Gasteiger partial charge in [-0.15, -0.1) is 0 Å². The number of anilines is 1. The molecular formula is C17H27N3O2. The number of hydrogen-bond acceptors (Lipinski definition) is 4. The first-order valence-electron chi connectivity index (χ1n) is 8.10. The smallest absolute Gasteiger partial charge is 0.410 e. The molecule has 1 N–H and O–H groups in total. The number of amides is 1. The summed E-state index contributed by atoms with van der Waals surface area (Å²) in [6.07, 6.45) is 4.66. The van der Waals surface area contributed by atoms with Gasteiger partial charge < -0.3 is 15.0 Å². The molecule has 1 aliphatic heterocycles. The Kier molecular flexibility index (Phi) is 5.27. The number of rotatable bonds is 4. The number of pyridine rings is 1. The molecule has 5 heteroatoms. The zero-order valence-electron chi connectivity index (χ0n) is 14.1. The van der Waals surface area contributed by atoms with E-state index in [4.69, 9.17) is 4.74 Å². The van der Waals surface area contributed by atoms with E-state index < -0.39 is 5.60 Å². The van der Waals surface area contributed by atoms with Gasteiger partial charge >= 0.3 is 6.09 Å². The Morgan fingerprint density at radius 2 is 2.23 bits per heavy atom. The normalized spacial score (nSPS) is 18.4. The molecule has 2 heterocycles. The van der Waals surface area contributed by atoms with Gasteiger partial charge in [-0.3, -0.25) is 0 Å². The molecule has 0 radical (unpaired) electrons. The molecule has 0 bridgehead atoms. The summed E-state index contributed by atoms with van der Waals surface area (Å²) in [5, 5.41) is 3.26. The Morgan fingerprint density at radius 3 is 2.82 bits per heavy atom. The number of carbonyl (C=O) groups excluding carboxylic acids is 1. The minimum absolute atomic E-state index is 0.0718. The predicted molar refractivity (Wildman–Crippen MR) is 87.9 cm³/mol. The number of aromatic nitrogens is 1. The highest BCUT2D eigenvalue weighted by molar-refractivity contribution is 5.69. The molecule has 0 saturated carbocycles.